The standard InChI is InChI=1S/C9H6BrN3O3/c10-6-1-5(2-7(3-6)13(14)15)8-4-12-9(11)16-8/h1-4H,(H2,11,12). The Bertz CT molecular complexity index is 553. The van der Waals surface area contributed by atoms with Crippen molar-refractivity contribution in [2.45, 2.75) is 0 Å². The fourth-order valence-corrected chi connectivity index (χ4v) is 1.72. The minimum Gasteiger partial charge on any atom is -0.424 e. The number of non-ortho nitro benzene ring substituents is 1. The summed E-state index contributed by atoms with van der Waals surface area (Å²) >= 11 is 3.19. The van der Waals surface area contributed by atoms with Gasteiger partial charge < -0.3 is 10.2 Å². The summed E-state index contributed by atoms with van der Waals surface area (Å²) in [5.74, 6) is 0.391. The Kier molecular flexibility index (Phi) is 2.61. The van der Waals surface area contributed by atoms with Crippen molar-refractivity contribution in [2.24, 2.45) is 0 Å². The van der Waals surface area contributed by atoms with Crippen molar-refractivity contribution in [3.05, 3.63) is 39.0 Å². The number of hydrogen-bond donors (Lipinski definition) is 1. The molecule has 6 nitrogen and oxygen atoms in total. The number of benzene rings is 1. The molecule has 0 fully saturated rings. The Labute approximate surface area is 98.4 Å². The monoisotopic (exact) mass is 283 g/mol. The van der Waals surface area contributed by atoms with E-state index in [1.165, 1.54) is 18.3 Å². The van der Waals surface area contributed by atoms with Crippen molar-refractivity contribution < 1.29 is 9.34 Å². The summed E-state index contributed by atoms with van der Waals surface area (Å²) in [6.45, 7) is 0. The number of aromatic nitrogens is 1. The van der Waals surface area contributed by atoms with E-state index in [-0.39, 0.29) is 11.7 Å². The number of oxazole rings is 1. The van der Waals surface area contributed by atoms with Gasteiger partial charge in [-0.05, 0) is 6.07 Å². The van der Waals surface area contributed by atoms with Crippen LogP contribution in [0.3, 0.4) is 0 Å². The summed E-state index contributed by atoms with van der Waals surface area (Å²) in [6.07, 6.45) is 1.42. The highest BCUT2D eigenvalue weighted by Gasteiger charge is 2.12. The van der Waals surface area contributed by atoms with Crippen molar-refractivity contribution in [1.82, 2.24) is 4.98 Å². The van der Waals surface area contributed by atoms with E-state index in [0.29, 0.717) is 15.8 Å². The Morgan fingerprint density at radius 1 is 1.44 bits per heavy atom. The van der Waals surface area contributed by atoms with Crippen LogP contribution < -0.4 is 5.73 Å². The van der Waals surface area contributed by atoms with Crippen LogP contribution in [0.2, 0.25) is 0 Å². The maximum absolute atomic E-state index is 10.7. The number of nitrogens with two attached hydrogens (primary N) is 1. The summed E-state index contributed by atoms with van der Waals surface area (Å²) in [7, 11) is 0. The molecule has 0 radical (unpaired) electrons. The molecule has 0 aliphatic rings. The molecule has 0 unspecified atom stereocenters. The molecule has 0 atom stereocenters. The van der Waals surface area contributed by atoms with Gasteiger partial charge in [0.15, 0.2) is 5.76 Å². The number of anilines is 1. The number of nitro groups is 1. The molecule has 0 amide bonds. The van der Waals surface area contributed by atoms with Crippen molar-refractivity contribution in [3.8, 4) is 11.3 Å². The highest BCUT2D eigenvalue weighted by Crippen LogP contribution is 2.29. The van der Waals surface area contributed by atoms with Gasteiger partial charge in [0.05, 0.1) is 11.1 Å². The second-order valence-corrected chi connectivity index (χ2v) is 3.93. The van der Waals surface area contributed by atoms with E-state index in [4.69, 9.17) is 10.2 Å². The lowest BCUT2D eigenvalue weighted by Crippen LogP contribution is -1.88. The van der Waals surface area contributed by atoms with Gasteiger partial charge in [0.2, 0.25) is 0 Å². The minimum atomic E-state index is -0.478. The lowest BCUT2D eigenvalue weighted by molar-refractivity contribution is -0.384. The van der Waals surface area contributed by atoms with Crippen LogP contribution in [0.25, 0.3) is 11.3 Å². The first-order valence-electron chi connectivity index (χ1n) is 4.23. The van der Waals surface area contributed by atoms with E-state index in [9.17, 15) is 10.1 Å². The number of rotatable bonds is 2. The van der Waals surface area contributed by atoms with E-state index in [1.807, 2.05) is 0 Å². The largest absolute Gasteiger partial charge is 0.424 e. The second-order valence-electron chi connectivity index (χ2n) is 3.02. The van der Waals surface area contributed by atoms with Gasteiger partial charge >= 0.3 is 0 Å². The summed E-state index contributed by atoms with van der Waals surface area (Å²) in [5, 5.41) is 10.7. The van der Waals surface area contributed by atoms with Crippen molar-refractivity contribution in [1.29, 1.82) is 0 Å². The molecule has 0 saturated carbocycles. The highest BCUT2D eigenvalue weighted by atomic mass is 79.9. The average Bonchev–Trinajstić information content (AvgIpc) is 2.64. The summed E-state index contributed by atoms with van der Waals surface area (Å²) < 4.78 is 5.67. The Balaban J connectivity index is 2.53. The predicted octanol–water partition coefficient (Wildman–Crippen LogP) is 2.59. The summed E-state index contributed by atoms with van der Waals surface area (Å²) in [6, 6.07) is 4.51. The third kappa shape index (κ3) is 2.03. The summed E-state index contributed by atoms with van der Waals surface area (Å²) in [5.41, 5.74) is 5.85. The first kappa shape index (κ1) is 10.6. The van der Waals surface area contributed by atoms with Crippen LogP contribution in [0, 0.1) is 10.1 Å². The lowest BCUT2D eigenvalue weighted by Gasteiger charge is -1.98. The quantitative estimate of drug-likeness (QED) is 0.675. The van der Waals surface area contributed by atoms with Gasteiger partial charge in [-0.25, -0.2) is 4.98 Å². The third-order valence-corrected chi connectivity index (χ3v) is 2.36. The van der Waals surface area contributed by atoms with Crippen LogP contribution >= 0.6 is 15.9 Å². The minimum absolute atomic E-state index is 0.0256. The molecular formula is C9H6BrN3O3. The molecule has 7 heteroatoms. The maximum atomic E-state index is 10.7. The van der Waals surface area contributed by atoms with E-state index < -0.39 is 4.92 Å². The molecule has 0 saturated heterocycles. The van der Waals surface area contributed by atoms with Crippen molar-refractivity contribution >= 4 is 27.6 Å². The molecule has 2 aromatic rings. The van der Waals surface area contributed by atoms with Gasteiger partial charge in [0.25, 0.3) is 11.7 Å². The van der Waals surface area contributed by atoms with Crippen LogP contribution in [-0.2, 0) is 0 Å². The topological polar surface area (TPSA) is 95.2 Å². The normalized spacial score (nSPS) is 10.3. The molecular weight excluding hydrogens is 278 g/mol. The number of halogens is 1. The van der Waals surface area contributed by atoms with Crippen LogP contribution in [0.1, 0.15) is 0 Å². The van der Waals surface area contributed by atoms with Crippen LogP contribution in [0.4, 0.5) is 11.7 Å². The van der Waals surface area contributed by atoms with Gasteiger partial charge in [-0.3, -0.25) is 10.1 Å². The molecule has 82 valence electrons. The predicted molar refractivity (Wildman–Crippen MR) is 60.7 cm³/mol. The molecule has 0 aliphatic heterocycles. The zero-order valence-electron chi connectivity index (χ0n) is 7.88. The molecule has 0 bridgehead atoms. The van der Waals surface area contributed by atoms with Crippen LogP contribution in [0.5, 0.6) is 0 Å². The number of nitro benzene ring substituents is 1. The zero-order chi connectivity index (χ0) is 11.7. The molecule has 16 heavy (non-hydrogen) atoms. The fraction of sp³-hybridized carbons (Fsp3) is 0. The smallest absolute Gasteiger partial charge is 0.292 e. The maximum Gasteiger partial charge on any atom is 0.292 e. The highest BCUT2D eigenvalue weighted by molar-refractivity contribution is 9.10. The molecule has 0 spiro atoms. The number of hydrogen-bond acceptors (Lipinski definition) is 5. The molecule has 2 N–H and O–H groups in total. The van der Waals surface area contributed by atoms with Gasteiger partial charge in [0.1, 0.15) is 0 Å². The molecule has 1 aromatic carbocycles. The third-order valence-electron chi connectivity index (χ3n) is 1.90. The first-order valence-corrected chi connectivity index (χ1v) is 5.02. The Morgan fingerprint density at radius 3 is 2.75 bits per heavy atom. The molecule has 1 aromatic heterocycles. The van der Waals surface area contributed by atoms with Gasteiger partial charge in [-0.2, -0.15) is 0 Å². The summed E-state index contributed by atoms with van der Waals surface area (Å²) in [4.78, 5) is 13.9. The average molecular weight is 284 g/mol. The zero-order valence-corrected chi connectivity index (χ0v) is 9.47. The van der Waals surface area contributed by atoms with Crippen molar-refractivity contribution in [3.63, 3.8) is 0 Å². The Hall–Kier alpha value is -1.89. The second kappa shape index (κ2) is 3.93. The van der Waals surface area contributed by atoms with E-state index >= 15 is 0 Å². The van der Waals surface area contributed by atoms with Gasteiger partial charge in [-0.1, -0.05) is 15.9 Å². The number of nitrogen functional groups attached to an aromatic ring is 1. The number of nitrogens with zero attached hydrogens (tertiary/aromatic N) is 2. The molecule has 0 aliphatic carbocycles. The van der Waals surface area contributed by atoms with E-state index in [1.54, 1.807) is 6.07 Å². The lowest BCUT2D eigenvalue weighted by atomic mass is 10.1. The molecule has 1 heterocycles. The SMILES string of the molecule is Nc1ncc(-c2cc(Br)cc([N+](=O)[O-])c2)o1. The van der Waals surface area contributed by atoms with E-state index in [2.05, 4.69) is 20.9 Å². The van der Waals surface area contributed by atoms with Gasteiger partial charge in [-0.15, -0.1) is 0 Å². The first-order chi connectivity index (χ1) is 7.56. The van der Waals surface area contributed by atoms with Crippen LogP contribution in [-0.4, -0.2) is 9.91 Å². The van der Waals surface area contributed by atoms with Gasteiger partial charge in [0, 0.05) is 22.2 Å². The fourth-order valence-electron chi connectivity index (χ4n) is 1.24. The Morgan fingerprint density at radius 2 is 2.19 bits per heavy atom. The van der Waals surface area contributed by atoms with E-state index in [0.717, 1.165) is 0 Å². The molecule has 2 rings (SSSR count). The van der Waals surface area contributed by atoms with Crippen molar-refractivity contribution in [2.75, 3.05) is 5.73 Å². The van der Waals surface area contributed by atoms with Crippen LogP contribution in [0.15, 0.2) is 33.3 Å².